The third-order valence-electron chi connectivity index (χ3n) is 4.26. The van der Waals surface area contributed by atoms with E-state index in [1.807, 2.05) is 6.07 Å². The number of alkyl halides is 1. The summed E-state index contributed by atoms with van der Waals surface area (Å²) < 4.78 is 2.18. The van der Waals surface area contributed by atoms with Crippen molar-refractivity contribution in [2.45, 2.75) is 31.6 Å². The second kappa shape index (κ2) is 5.61. The minimum Gasteiger partial charge on any atom is -0.352 e. The molecule has 0 unspecified atom stereocenters. The maximum atomic E-state index is 4.83. The summed E-state index contributed by atoms with van der Waals surface area (Å²) >= 11 is 3.62. The quantitative estimate of drug-likeness (QED) is 0.777. The largest absolute Gasteiger partial charge is 0.352 e. The molecule has 0 spiro atoms. The van der Waals surface area contributed by atoms with Crippen LogP contribution in [0.4, 0.5) is 5.82 Å². The monoisotopic (exact) mass is 350 g/mol. The molecule has 21 heavy (non-hydrogen) atoms. The van der Waals surface area contributed by atoms with Crippen molar-refractivity contribution >= 4 is 27.4 Å². The molecular weight excluding hydrogens is 328 g/mol. The summed E-state index contributed by atoms with van der Waals surface area (Å²) in [6.07, 6.45) is 2.09. The van der Waals surface area contributed by atoms with E-state index in [2.05, 4.69) is 69.2 Å². The summed E-state index contributed by atoms with van der Waals surface area (Å²) in [6, 6.07) is 6.17. The number of halogens is 1. The summed E-state index contributed by atoms with van der Waals surface area (Å²) in [5.41, 5.74) is 2.53. The molecular formula is C16H23BrN4. The number of aromatic nitrogens is 2. The van der Waals surface area contributed by atoms with Gasteiger partial charge in [0, 0.05) is 43.2 Å². The van der Waals surface area contributed by atoms with Gasteiger partial charge in [-0.25, -0.2) is 4.98 Å². The second-order valence-electron chi connectivity index (χ2n) is 6.59. The Morgan fingerprint density at radius 3 is 2.48 bits per heavy atom. The van der Waals surface area contributed by atoms with E-state index in [0.29, 0.717) is 0 Å². The summed E-state index contributed by atoms with van der Waals surface area (Å²) in [5.74, 6) is 1.13. The lowest BCUT2D eigenvalue weighted by molar-refractivity contribution is 0.128. The lowest BCUT2D eigenvalue weighted by Gasteiger charge is -2.42. The SMILES string of the molecule is CC(C)(C)N1CCN(c2nc3ccccn3c2CBr)CC1. The third-order valence-corrected chi connectivity index (χ3v) is 4.79. The summed E-state index contributed by atoms with van der Waals surface area (Å²) in [6.45, 7) is 11.1. The molecule has 0 aromatic carbocycles. The van der Waals surface area contributed by atoms with Gasteiger partial charge in [0.25, 0.3) is 0 Å². The highest BCUT2D eigenvalue weighted by Crippen LogP contribution is 2.26. The maximum Gasteiger partial charge on any atom is 0.152 e. The lowest BCUT2D eigenvalue weighted by atomic mass is 10.1. The van der Waals surface area contributed by atoms with Gasteiger partial charge in [-0.3, -0.25) is 4.90 Å². The number of hydrogen-bond acceptors (Lipinski definition) is 3. The lowest BCUT2D eigenvalue weighted by Crippen LogP contribution is -2.53. The van der Waals surface area contributed by atoms with Crippen LogP contribution in [-0.4, -0.2) is 46.0 Å². The zero-order valence-electron chi connectivity index (χ0n) is 13.0. The number of anilines is 1. The van der Waals surface area contributed by atoms with Crippen LogP contribution in [0, 0.1) is 0 Å². The number of rotatable bonds is 2. The molecule has 0 aliphatic carbocycles. The average molecular weight is 351 g/mol. The van der Waals surface area contributed by atoms with Crippen molar-refractivity contribution in [3.63, 3.8) is 0 Å². The van der Waals surface area contributed by atoms with Crippen LogP contribution in [0.5, 0.6) is 0 Å². The Labute approximate surface area is 134 Å². The predicted molar refractivity (Wildman–Crippen MR) is 91.4 cm³/mol. The zero-order valence-corrected chi connectivity index (χ0v) is 14.6. The highest BCUT2D eigenvalue weighted by Gasteiger charge is 2.28. The smallest absolute Gasteiger partial charge is 0.152 e. The molecule has 0 amide bonds. The fourth-order valence-electron chi connectivity index (χ4n) is 3.00. The van der Waals surface area contributed by atoms with Crippen LogP contribution in [0.2, 0.25) is 0 Å². The van der Waals surface area contributed by atoms with Crippen molar-refractivity contribution in [1.82, 2.24) is 14.3 Å². The molecule has 3 rings (SSSR count). The molecule has 2 aromatic heterocycles. The van der Waals surface area contributed by atoms with Gasteiger partial charge in [-0.2, -0.15) is 0 Å². The van der Waals surface area contributed by atoms with Crippen LogP contribution in [-0.2, 0) is 5.33 Å². The van der Waals surface area contributed by atoms with Crippen LogP contribution < -0.4 is 4.90 Å². The van der Waals surface area contributed by atoms with Gasteiger partial charge in [0.15, 0.2) is 5.82 Å². The molecule has 3 heterocycles. The second-order valence-corrected chi connectivity index (χ2v) is 7.15. The van der Waals surface area contributed by atoms with E-state index in [1.54, 1.807) is 0 Å². The number of imidazole rings is 1. The van der Waals surface area contributed by atoms with Crippen molar-refractivity contribution in [2.24, 2.45) is 0 Å². The number of pyridine rings is 1. The Balaban J connectivity index is 1.85. The first-order chi connectivity index (χ1) is 10.0. The van der Waals surface area contributed by atoms with Crippen molar-refractivity contribution in [3.05, 3.63) is 30.1 Å². The maximum absolute atomic E-state index is 4.83. The first-order valence-corrected chi connectivity index (χ1v) is 8.65. The van der Waals surface area contributed by atoms with Gasteiger partial charge < -0.3 is 9.30 Å². The highest BCUT2D eigenvalue weighted by atomic mass is 79.9. The molecule has 1 saturated heterocycles. The van der Waals surface area contributed by atoms with Crippen LogP contribution in [0.1, 0.15) is 26.5 Å². The Hall–Kier alpha value is -1.07. The van der Waals surface area contributed by atoms with Crippen LogP contribution in [0.3, 0.4) is 0 Å². The first-order valence-electron chi connectivity index (χ1n) is 7.52. The predicted octanol–water partition coefficient (Wildman–Crippen LogP) is 3.15. The molecule has 0 saturated carbocycles. The normalized spacial score (nSPS) is 17.6. The minimum atomic E-state index is 0.253. The van der Waals surface area contributed by atoms with Gasteiger partial charge in [-0.15, -0.1) is 0 Å². The third kappa shape index (κ3) is 2.81. The van der Waals surface area contributed by atoms with E-state index < -0.39 is 0 Å². The molecule has 0 radical (unpaired) electrons. The highest BCUT2D eigenvalue weighted by molar-refractivity contribution is 9.08. The van der Waals surface area contributed by atoms with Gasteiger partial charge in [0.2, 0.25) is 0 Å². The number of piperazine rings is 1. The van der Waals surface area contributed by atoms with Crippen molar-refractivity contribution in [2.75, 3.05) is 31.1 Å². The molecule has 0 atom stereocenters. The molecule has 114 valence electrons. The molecule has 0 bridgehead atoms. The molecule has 5 heteroatoms. The van der Waals surface area contributed by atoms with E-state index in [0.717, 1.165) is 43.0 Å². The Morgan fingerprint density at radius 1 is 1.14 bits per heavy atom. The van der Waals surface area contributed by atoms with Gasteiger partial charge in [0.05, 0.1) is 5.69 Å². The van der Waals surface area contributed by atoms with E-state index in [1.165, 1.54) is 5.69 Å². The summed E-state index contributed by atoms with van der Waals surface area (Å²) in [5, 5.41) is 0.826. The van der Waals surface area contributed by atoms with Crippen molar-refractivity contribution < 1.29 is 0 Å². The van der Waals surface area contributed by atoms with Crippen LogP contribution in [0.15, 0.2) is 24.4 Å². The summed E-state index contributed by atoms with van der Waals surface area (Å²) in [7, 11) is 0. The molecule has 1 aliphatic rings. The number of fused-ring (bicyclic) bond motifs is 1. The van der Waals surface area contributed by atoms with E-state index >= 15 is 0 Å². The molecule has 0 N–H and O–H groups in total. The minimum absolute atomic E-state index is 0.253. The van der Waals surface area contributed by atoms with E-state index in [4.69, 9.17) is 4.98 Å². The molecule has 1 aliphatic heterocycles. The Morgan fingerprint density at radius 2 is 1.86 bits per heavy atom. The average Bonchev–Trinajstić information content (AvgIpc) is 2.85. The Kier molecular flexibility index (Phi) is 3.97. The van der Waals surface area contributed by atoms with Gasteiger partial charge >= 0.3 is 0 Å². The van der Waals surface area contributed by atoms with Crippen LogP contribution >= 0.6 is 15.9 Å². The fraction of sp³-hybridized carbons (Fsp3) is 0.562. The van der Waals surface area contributed by atoms with Crippen molar-refractivity contribution in [1.29, 1.82) is 0 Å². The van der Waals surface area contributed by atoms with Gasteiger partial charge in [-0.05, 0) is 32.9 Å². The van der Waals surface area contributed by atoms with E-state index in [-0.39, 0.29) is 5.54 Å². The molecule has 4 nitrogen and oxygen atoms in total. The standard InChI is InChI=1S/C16H23BrN4/c1-16(2,3)20-10-8-19(9-11-20)15-13(12-17)21-7-5-4-6-14(21)18-15/h4-7H,8-12H2,1-3H3. The molecule has 2 aromatic rings. The first kappa shape index (κ1) is 14.9. The molecule has 1 fully saturated rings. The van der Waals surface area contributed by atoms with Crippen LogP contribution in [0.25, 0.3) is 5.65 Å². The fourth-order valence-corrected chi connectivity index (χ4v) is 3.52. The van der Waals surface area contributed by atoms with E-state index in [9.17, 15) is 0 Å². The number of hydrogen-bond donors (Lipinski definition) is 0. The topological polar surface area (TPSA) is 23.8 Å². The van der Waals surface area contributed by atoms with Gasteiger partial charge in [0.1, 0.15) is 5.65 Å². The zero-order chi connectivity index (χ0) is 15.0. The van der Waals surface area contributed by atoms with Gasteiger partial charge in [-0.1, -0.05) is 22.0 Å². The van der Waals surface area contributed by atoms with Crippen molar-refractivity contribution in [3.8, 4) is 0 Å². The number of nitrogens with zero attached hydrogens (tertiary/aromatic N) is 4. The Bertz CT molecular complexity index is 621. The summed E-state index contributed by atoms with van der Waals surface area (Å²) in [4.78, 5) is 9.81.